The predicted octanol–water partition coefficient (Wildman–Crippen LogP) is 2.10. The summed E-state index contributed by atoms with van der Waals surface area (Å²) in [5.74, 6) is 0. The van der Waals surface area contributed by atoms with Crippen molar-refractivity contribution in [2.75, 3.05) is 7.11 Å². The van der Waals surface area contributed by atoms with Crippen molar-refractivity contribution in [3.63, 3.8) is 0 Å². The molecule has 12 heavy (non-hydrogen) atoms. The predicted molar refractivity (Wildman–Crippen MR) is 53.0 cm³/mol. The van der Waals surface area contributed by atoms with E-state index >= 15 is 0 Å². The molecule has 0 aliphatic rings. The van der Waals surface area contributed by atoms with Gasteiger partial charge in [-0.3, -0.25) is 0 Å². The molecule has 0 amide bonds. The summed E-state index contributed by atoms with van der Waals surface area (Å²) >= 11 is 0. The van der Waals surface area contributed by atoms with Crippen LogP contribution in [-0.4, -0.2) is 16.9 Å². The van der Waals surface area contributed by atoms with Gasteiger partial charge in [0.05, 0.1) is 0 Å². The summed E-state index contributed by atoms with van der Waals surface area (Å²) in [7, 11) is 2.28. The highest BCUT2D eigenvalue weighted by Gasteiger charge is 1.97. The van der Waals surface area contributed by atoms with Crippen molar-refractivity contribution in [1.29, 1.82) is 0 Å². The molecule has 2 heteroatoms. The van der Waals surface area contributed by atoms with Crippen LogP contribution in [0.1, 0.15) is 11.1 Å². The van der Waals surface area contributed by atoms with Crippen molar-refractivity contribution < 1.29 is 4.43 Å². The molecule has 0 saturated carbocycles. The maximum absolute atomic E-state index is 5.04. The zero-order valence-electron chi connectivity index (χ0n) is 7.21. The normalized spacial score (nSPS) is 9.75. The molecule has 1 nitrogen and oxygen atoms in total. The molecule has 0 heterocycles. The first-order chi connectivity index (χ1) is 5.88. The van der Waals surface area contributed by atoms with Gasteiger partial charge in [0.25, 0.3) is 0 Å². The van der Waals surface area contributed by atoms with Gasteiger partial charge in [-0.2, -0.15) is 0 Å². The molecule has 0 atom stereocenters. The second-order valence-corrected chi connectivity index (χ2v) is 3.48. The van der Waals surface area contributed by atoms with E-state index in [4.69, 9.17) is 4.43 Å². The third-order valence-corrected chi connectivity index (χ3v) is 2.50. The van der Waals surface area contributed by atoms with Gasteiger partial charge >= 0.3 is 0 Å². The van der Waals surface area contributed by atoms with E-state index in [1.165, 1.54) is 11.1 Å². The van der Waals surface area contributed by atoms with Crippen LogP contribution in [0.25, 0.3) is 6.08 Å². The Balaban J connectivity index is 2.75. The maximum Gasteiger partial charge on any atom is 0.233 e. The molecule has 0 N–H and O–H groups in total. The second kappa shape index (κ2) is 4.90. The molecule has 62 valence electrons. The van der Waals surface area contributed by atoms with Crippen LogP contribution in [0.3, 0.4) is 0 Å². The molecule has 1 rings (SSSR count). The number of rotatable bonds is 4. The van der Waals surface area contributed by atoms with Gasteiger partial charge in [0.2, 0.25) is 9.76 Å². The van der Waals surface area contributed by atoms with Gasteiger partial charge < -0.3 is 4.43 Å². The highest BCUT2D eigenvalue weighted by atomic mass is 28.2. The quantitative estimate of drug-likeness (QED) is 0.638. The molecule has 0 aliphatic carbocycles. The molecule has 1 aromatic rings. The van der Waals surface area contributed by atoms with Crippen molar-refractivity contribution in [3.05, 3.63) is 42.0 Å². The summed E-state index contributed by atoms with van der Waals surface area (Å²) in [6, 6.07) is 9.24. The topological polar surface area (TPSA) is 9.23 Å². The lowest BCUT2D eigenvalue weighted by Gasteiger charge is -2.02. The minimum atomic E-state index is 0.544. The molecule has 0 saturated heterocycles. The van der Waals surface area contributed by atoms with Gasteiger partial charge in [0.1, 0.15) is 0 Å². The fourth-order valence-electron chi connectivity index (χ4n) is 1.04. The zero-order valence-corrected chi connectivity index (χ0v) is 8.21. The minimum absolute atomic E-state index is 0.544. The van der Waals surface area contributed by atoms with E-state index in [0.717, 1.165) is 6.04 Å². The lowest BCUT2D eigenvalue weighted by Crippen LogP contribution is -2.00. The Morgan fingerprint density at radius 2 is 2.25 bits per heavy atom. The summed E-state index contributed by atoms with van der Waals surface area (Å²) in [6.45, 7) is 3.76. The monoisotopic (exact) mass is 176 g/mol. The molecule has 0 fully saturated rings. The smallest absolute Gasteiger partial charge is 0.233 e. The highest BCUT2D eigenvalue weighted by molar-refractivity contribution is 6.26. The molecular weight excluding hydrogens is 164 g/mol. The van der Waals surface area contributed by atoms with Crippen molar-refractivity contribution in [2.24, 2.45) is 0 Å². The van der Waals surface area contributed by atoms with E-state index in [-0.39, 0.29) is 0 Å². The van der Waals surface area contributed by atoms with Crippen LogP contribution in [0.5, 0.6) is 0 Å². The first-order valence-electron chi connectivity index (χ1n) is 3.84. The Hall–Kier alpha value is -0.863. The maximum atomic E-state index is 5.04. The van der Waals surface area contributed by atoms with Crippen LogP contribution in [0.2, 0.25) is 0 Å². The van der Waals surface area contributed by atoms with E-state index in [1.807, 2.05) is 18.2 Å². The molecular formula is C10H12OSi. The summed E-state index contributed by atoms with van der Waals surface area (Å²) in [4.78, 5) is 0. The largest absolute Gasteiger partial charge is 0.420 e. The van der Waals surface area contributed by atoms with Crippen LogP contribution >= 0.6 is 0 Å². The Bertz CT molecular complexity index is 258. The van der Waals surface area contributed by atoms with Crippen molar-refractivity contribution in [3.8, 4) is 0 Å². The Labute approximate surface area is 76.0 Å². The molecule has 2 radical (unpaired) electrons. The van der Waals surface area contributed by atoms with Gasteiger partial charge in [-0.05, 0) is 17.2 Å². The summed E-state index contributed by atoms with van der Waals surface area (Å²) in [5.41, 5.74) is 2.52. The van der Waals surface area contributed by atoms with E-state index in [0.29, 0.717) is 9.76 Å². The van der Waals surface area contributed by atoms with Gasteiger partial charge in [-0.1, -0.05) is 36.9 Å². The molecule has 0 bridgehead atoms. The standard InChI is InChI=1S/C10H12OSi/c1-3-9-6-4-5-7-10(9)8-12-11-2/h3-7H,1,8H2,2H3. The lowest BCUT2D eigenvalue weighted by molar-refractivity contribution is 0.441. The lowest BCUT2D eigenvalue weighted by atomic mass is 10.1. The van der Waals surface area contributed by atoms with Crippen LogP contribution < -0.4 is 0 Å². The van der Waals surface area contributed by atoms with Crippen LogP contribution in [0.15, 0.2) is 30.8 Å². The van der Waals surface area contributed by atoms with Gasteiger partial charge in [-0.25, -0.2) is 0 Å². The van der Waals surface area contributed by atoms with Gasteiger partial charge in [0, 0.05) is 7.11 Å². The van der Waals surface area contributed by atoms with Crippen molar-refractivity contribution >= 4 is 15.8 Å². The fraction of sp³-hybridized carbons (Fsp3) is 0.200. The summed E-state index contributed by atoms with van der Waals surface area (Å²) in [5, 5.41) is 0. The number of hydrogen-bond acceptors (Lipinski definition) is 1. The molecule has 0 unspecified atom stereocenters. The summed E-state index contributed by atoms with van der Waals surface area (Å²) < 4.78 is 5.04. The third kappa shape index (κ3) is 2.32. The van der Waals surface area contributed by atoms with Crippen LogP contribution in [0.4, 0.5) is 0 Å². The van der Waals surface area contributed by atoms with E-state index in [2.05, 4.69) is 18.7 Å². The SMILES string of the molecule is C=Cc1ccccc1C[Si]OC. The highest BCUT2D eigenvalue weighted by Crippen LogP contribution is 2.09. The molecule has 0 spiro atoms. The molecule has 0 aliphatic heterocycles. The Morgan fingerprint density at radius 1 is 1.50 bits per heavy atom. The average molecular weight is 176 g/mol. The Morgan fingerprint density at radius 3 is 2.92 bits per heavy atom. The van der Waals surface area contributed by atoms with Crippen LogP contribution in [-0.2, 0) is 10.5 Å². The van der Waals surface area contributed by atoms with Crippen molar-refractivity contribution in [2.45, 2.75) is 6.04 Å². The summed E-state index contributed by atoms with van der Waals surface area (Å²) in [6.07, 6.45) is 1.88. The van der Waals surface area contributed by atoms with E-state index < -0.39 is 0 Å². The van der Waals surface area contributed by atoms with Crippen molar-refractivity contribution in [1.82, 2.24) is 0 Å². The first kappa shape index (κ1) is 9.23. The van der Waals surface area contributed by atoms with Gasteiger partial charge in [0.15, 0.2) is 0 Å². The van der Waals surface area contributed by atoms with E-state index in [9.17, 15) is 0 Å². The first-order valence-corrected chi connectivity index (χ1v) is 4.96. The number of hydrogen-bond donors (Lipinski definition) is 0. The second-order valence-electron chi connectivity index (χ2n) is 2.43. The third-order valence-electron chi connectivity index (χ3n) is 1.68. The van der Waals surface area contributed by atoms with Gasteiger partial charge in [-0.15, -0.1) is 0 Å². The number of benzene rings is 1. The van der Waals surface area contributed by atoms with Crippen LogP contribution in [0, 0.1) is 0 Å². The molecule has 1 aromatic carbocycles. The zero-order chi connectivity index (χ0) is 8.81. The van der Waals surface area contributed by atoms with E-state index in [1.54, 1.807) is 7.11 Å². The molecule has 0 aromatic heterocycles. The fourth-order valence-corrected chi connectivity index (χ4v) is 1.67. The average Bonchev–Trinajstić information content (AvgIpc) is 2.15. The Kier molecular flexibility index (Phi) is 3.77. The minimum Gasteiger partial charge on any atom is -0.420 e.